The van der Waals surface area contributed by atoms with Crippen LogP contribution in [0.1, 0.15) is 17.0 Å². The molecule has 0 amide bonds. The highest BCUT2D eigenvalue weighted by Crippen LogP contribution is 2.21. The number of anilines is 1. The Morgan fingerprint density at radius 1 is 1.00 bits per heavy atom. The van der Waals surface area contributed by atoms with E-state index in [4.69, 9.17) is 0 Å². The van der Waals surface area contributed by atoms with Crippen molar-refractivity contribution in [2.24, 2.45) is 7.05 Å². The molecule has 0 saturated heterocycles. The number of rotatable bonds is 6. The number of aryl methyl sites for hydroxylation is 4. The van der Waals surface area contributed by atoms with Gasteiger partial charge in [-0.1, -0.05) is 24.3 Å². The molecule has 0 bridgehead atoms. The number of fused-ring (bicyclic) bond motifs is 1. The summed E-state index contributed by atoms with van der Waals surface area (Å²) in [6.45, 7) is 1.54. The van der Waals surface area contributed by atoms with Crippen molar-refractivity contribution < 1.29 is 12.8 Å². The Morgan fingerprint density at radius 3 is 2.57 bits per heavy atom. The Balaban J connectivity index is 1.51. The standard InChI is InChI=1S/C23H22FN3O2S/c1-16-14-19(11-12-20(16)24)30(28,29)26-18-7-5-6-17(15-18)10-13-23-25-21-8-3-4-9-22(21)27(23)2/h3-9,11-12,14-15,26H,10,13H2,1-2H3. The summed E-state index contributed by atoms with van der Waals surface area (Å²) in [7, 11) is -1.79. The Hall–Kier alpha value is -3.19. The minimum atomic E-state index is -3.79. The Labute approximate surface area is 175 Å². The number of para-hydroxylation sites is 2. The normalized spacial score (nSPS) is 11.7. The SMILES string of the molecule is Cc1cc(S(=O)(=O)Nc2cccc(CCc3nc4ccccc4n3C)c2)ccc1F. The Morgan fingerprint density at radius 2 is 1.80 bits per heavy atom. The number of hydrogen-bond acceptors (Lipinski definition) is 3. The number of hydrogen-bond donors (Lipinski definition) is 1. The van der Waals surface area contributed by atoms with E-state index >= 15 is 0 Å². The van der Waals surface area contributed by atoms with Gasteiger partial charge in [-0.25, -0.2) is 17.8 Å². The van der Waals surface area contributed by atoms with Crippen LogP contribution in [0.15, 0.2) is 71.6 Å². The molecule has 0 aliphatic heterocycles. The highest BCUT2D eigenvalue weighted by molar-refractivity contribution is 7.92. The lowest BCUT2D eigenvalue weighted by Crippen LogP contribution is -2.13. The van der Waals surface area contributed by atoms with Gasteiger partial charge in [-0.15, -0.1) is 0 Å². The van der Waals surface area contributed by atoms with Crippen LogP contribution in [0, 0.1) is 12.7 Å². The van der Waals surface area contributed by atoms with Crippen LogP contribution in [0.25, 0.3) is 11.0 Å². The van der Waals surface area contributed by atoms with Crippen molar-refractivity contribution in [2.75, 3.05) is 4.72 Å². The second kappa shape index (κ2) is 7.91. The second-order valence-electron chi connectivity index (χ2n) is 7.29. The molecule has 3 aromatic carbocycles. The van der Waals surface area contributed by atoms with Gasteiger partial charge in [0, 0.05) is 19.2 Å². The van der Waals surface area contributed by atoms with Gasteiger partial charge in [-0.2, -0.15) is 0 Å². The molecule has 1 heterocycles. The summed E-state index contributed by atoms with van der Waals surface area (Å²) in [5.74, 6) is 0.543. The van der Waals surface area contributed by atoms with Crippen molar-refractivity contribution in [2.45, 2.75) is 24.7 Å². The predicted octanol–water partition coefficient (Wildman–Crippen LogP) is 4.61. The van der Waals surface area contributed by atoms with E-state index in [1.807, 2.05) is 49.5 Å². The molecule has 1 N–H and O–H groups in total. The summed E-state index contributed by atoms with van der Waals surface area (Å²) in [5.41, 5.74) is 3.81. The van der Waals surface area contributed by atoms with Gasteiger partial charge < -0.3 is 4.57 Å². The van der Waals surface area contributed by atoms with Gasteiger partial charge in [-0.05, 0) is 66.9 Å². The number of nitrogens with zero attached hydrogens (tertiary/aromatic N) is 2. The van der Waals surface area contributed by atoms with E-state index in [2.05, 4.69) is 14.3 Å². The zero-order chi connectivity index (χ0) is 21.3. The second-order valence-corrected chi connectivity index (χ2v) is 8.98. The molecule has 0 atom stereocenters. The lowest BCUT2D eigenvalue weighted by atomic mass is 10.1. The number of aromatic nitrogens is 2. The van der Waals surface area contributed by atoms with Crippen LogP contribution < -0.4 is 4.72 Å². The fourth-order valence-electron chi connectivity index (χ4n) is 3.46. The maximum atomic E-state index is 13.5. The molecule has 7 heteroatoms. The van der Waals surface area contributed by atoms with E-state index in [0.29, 0.717) is 5.69 Å². The topological polar surface area (TPSA) is 64.0 Å². The molecule has 0 radical (unpaired) electrons. The largest absolute Gasteiger partial charge is 0.331 e. The fraction of sp³-hybridized carbons (Fsp3) is 0.174. The molecule has 30 heavy (non-hydrogen) atoms. The van der Waals surface area contributed by atoms with Gasteiger partial charge in [-0.3, -0.25) is 4.72 Å². The first-order valence-corrected chi connectivity index (χ1v) is 11.1. The molecule has 0 aliphatic carbocycles. The predicted molar refractivity (Wildman–Crippen MR) is 117 cm³/mol. The van der Waals surface area contributed by atoms with E-state index in [-0.39, 0.29) is 10.5 Å². The monoisotopic (exact) mass is 423 g/mol. The number of benzene rings is 3. The van der Waals surface area contributed by atoms with Crippen LogP contribution in [0.2, 0.25) is 0 Å². The van der Waals surface area contributed by atoms with Crippen molar-refractivity contribution >= 4 is 26.7 Å². The van der Waals surface area contributed by atoms with Crippen LogP contribution in [0.3, 0.4) is 0 Å². The van der Waals surface area contributed by atoms with Gasteiger partial charge in [0.25, 0.3) is 10.0 Å². The summed E-state index contributed by atoms with van der Waals surface area (Å²) in [5, 5.41) is 0. The van der Waals surface area contributed by atoms with E-state index in [0.717, 1.165) is 41.3 Å². The van der Waals surface area contributed by atoms with Crippen molar-refractivity contribution in [3.05, 3.63) is 89.5 Å². The third-order valence-electron chi connectivity index (χ3n) is 5.14. The molecule has 5 nitrogen and oxygen atoms in total. The van der Waals surface area contributed by atoms with E-state index < -0.39 is 15.8 Å². The maximum Gasteiger partial charge on any atom is 0.261 e. The first-order chi connectivity index (χ1) is 14.3. The molecule has 4 aromatic rings. The number of halogens is 1. The summed E-state index contributed by atoms with van der Waals surface area (Å²) in [6.07, 6.45) is 1.46. The third kappa shape index (κ3) is 4.07. The molecular weight excluding hydrogens is 401 g/mol. The maximum absolute atomic E-state index is 13.5. The van der Waals surface area contributed by atoms with E-state index in [1.54, 1.807) is 6.07 Å². The molecule has 1 aromatic heterocycles. The lowest BCUT2D eigenvalue weighted by Gasteiger charge is -2.10. The highest BCUT2D eigenvalue weighted by atomic mass is 32.2. The van der Waals surface area contributed by atoms with Crippen molar-refractivity contribution in [3.8, 4) is 0 Å². The summed E-state index contributed by atoms with van der Waals surface area (Å²) in [4.78, 5) is 4.72. The molecule has 0 fully saturated rings. The Kier molecular flexibility index (Phi) is 5.30. The van der Waals surface area contributed by atoms with Crippen molar-refractivity contribution in [3.63, 3.8) is 0 Å². The lowest BCUT2D eigenvalue weighted by molar-refractivity contribution is 0.598. The first kappa shape index (κ1) is 20.1. The van der Waals surface area contributed by atoms with Gasteiger partial charge >= 0.3 is 0 Å². The van der Waals surface area contributed by atoms with Crippen LogP contribution in [-0.2, 0) is 29.9 Å². The molecule has 0 aliphatic rings. The van der Waals surface area contributed by atoms with E-state index in [1.165, 1.54) is 19.1 Å². The first-order valence-electron chi connectivity index (χ1n) is 9.62. The molecule has 0 unspecified atom stereocenters. The zero-order valence-corrected chi connectivity index (χ0v) is 17.6. The smallest absolute Gasteiger partial charge is 0.261 e. The van der Waals surface area contributed by atoms with Crippen LogP contribution in [-0.4, -0.2) is 18.0 Å². The summed E-state index contributed by atoms with van der Waals surface area (Å²) < 4.78 is 43.4. The molecule has 154 valence electrons. The fourth-order valence-corrected chi connectivity index (χ4v) is 4.60. The van der Waals surface area contributed by atoms with Crippen LogP contribution in [0.4, 0.5) is 10.1 Å². The average molecular weight is 424 g/mol. The third-order valence-corrected chi connectivity index (χ3v) is 6.51. The van der Waals surface area contributed by atoms with Gasteiger partial charge in [0.05, 0.1) is 15.9 Å². The van der Waals surface area contributed by atoms with Gasteiger partial charge in [0.15, 0.2) is 0 Å². The average Bonchev–Trinajstić information content (AvgIpc) is 3.04. The summed E-state index contributed by atoms with van der Waals surface area (Å²) in [6, 6.07) is 19.0. The molecule has 4 rings (SSSR count). The van der Waals surface area contributed by atoms with Crippen LogP contribution >= 0.6 is 0 Å². The zero-order valence-electron chi connectivity index (χ0n) is 16.8. The number of imidazole rings is 1. The summed E-state index contributed by atoms with van der Waals surface area (Å²) >= 11 is 0. The van der Waals surface area contributed by atoms with Crippen molar-refractivity contribution in [1.82, 2.24) is 9.55 Å². The molecular formula is C23H22FN3O2S. The van der Waals surface area contributed by atoms with Crippen molar-refractivity contribution in [1.29, 1.82) is 0 Å². The highest BCUT2D eigenvalue weighted by Gasteiger charge is 2.16. The molecule has 0 saturated carbocycles. The van der Waals surface area contributed by atoms with E-state index in [9.17, 15) is 12.8 Å². The molecule has 0 spiro atoms. The minimum absolute atomic E-state index is 0.0338. The van der Waals surface area contributed by atoms with Crippen LogP contribution in [0.5, 0.6) is 0 Å². The van der Waals surface area contributed by atoms with Gasteiger partial charge in [0.2, 0.25) is 0 Å². The minimum Gasteiger partial charge on any atom is -0.331 e. The van der Waals surface area contributed by atoms with Gasteiger partial charge in [0.1, 0.15) is 11.6 Å². The Bertz CT molecular complexity index is 1330. The quantitative estimate of drug-likeness (QED) is 0.493. The number of sulfonamides is 1. The number of nitrogens with one attached hydrogen (secondary N) is 1.